The minimum atomic E-state index is -1.54. The largest absolute Gasteiger partial charge is 0.496 e. The summed E-state index contributed by atoms with van der Waals surface area (Å²) in [4.78, 5) is 14.6. The average Bonchev–Trinajstić information content (AvgIpc) is 2.45. The van der Waals surface area contributed by atoms with E-state index in [9.17, 15) is 9.90 Å². The van der Waals surface area contributed by atoms with Crippen molar-refractivity contribution >= 4 is 6.16 Å². The van der Waals surface area contributed by atoms with Gasteiger partial charge in [0.05, 0.1) is 5.69 Å². The lowest BCUT2D eigenvalue weighted by Crippen LogP contribution is -2.28. The van der Waals surface area contributed by atoms with Gasteiger partial charge in [0.1, 0.15) is 11.7 Å². The summed E-state index contributed by atoms with van der Waals surface area (Å²) in [5, 5.41) is 10.4. The summed E-state index contributed by atoms with van der Waals surface area (Å²) in [7, 11) is 0. The molecule has 1 rings (SSSR count). The predicted molar refractivity (Wildman–Crippen MR) is 52.7 cm³/mol. The van der Waals surface area contributed by atoms with Crippen LogP contribution < -0.4 is 9.84 Å². The van der Waals surface area contributed by atoms with Crippen LogP contribution in [0.25, 0.3) is 0 Å². The molecule has 0 bridgehead atoms. The Labute approximate surface area is 88.7 Å². The number of carbonyl (C=O) groups excluding carboxylic acids is 1. The Kier molecular flexibility index (Phi) is 3.71. The summed E-state index contributed by atoms with van der Waals surface area (Å²) in [6.07, 6.45) is 0.0988. The first kappa shape index (κ1) is 11.6. The van der Waals surface area contributed by atoms with Crippen LogP contribution in [-0.4, -0.2) is 15.7 Å². The standard InChI is InChI=1S/C10H16N2O3/c1-4-6-12-8(5-2)11-7(3)9(12)15-10(13)14/h4-6H2,1-3H3,(H,13,14)/p-1. The Bertz CT molecular complexity index is 358. The van der Waals surface area contributed by atoms with Crippen molar-refractivity contribution in [2.45, 2.75) is 40.2 Å². The number of aromatic nitrogens is 2. The lowest BCUT2D eigenvalue weighted by molar-refractivity contribution is -0.271. The molecule has 0 saturated carbocycles. The Hall–Kier alpha value is -1.52. The smallest absolute Gasteiger partial charge is 0.258 e. The van der Waals surface area contributed by atoms with Gasteiger partial charge in [0.25, 0.3) is 6.16 Å². The first-order valence-electron chi connectivity index (χ1n) is 5.04. The number of carbonyl (C=O) groups is 1. The van der Waals surface area contributed by atoms with Gasteiger partial charge < -0.3 is 19.2 Å². The number of hydrogen-bond acceptors (Lipinski definition) is 4. The molecule has 15 heavy (non-hydrogen) atoms. The zero-order valence-electron chi connectivity index (χ0n) is 9.24. The summed E-state index contributed by atoms with van der Waals surface area (Å²) >= 11 is 0. The summed E-state index contributed by atoms with van der Waals surface area (Å²) in [6, 6.07) is 0. The number of ether oxygens (including phenoxy) is 1. The van der Waals surface area contributed by atoms with Gasteiger partial charge in [-0.05, 0) is 13.3 Å². The van der Waals surface area contributed by atoms with Gasteiger partial charge in [-0.1, -0.05) is 13.8 Å². The van der Waals surface area contributed by atoms with Gasteiger partial charge in [0.2, 0.25) is 0 Å². The fourth-order valence-corrected chi connectivity index (χ4v) is 1.55. The average molecular weight is 211 g/mol. The van der Waals surface area contributed by atoms with Crippen LogP contribution in [0.4, 0.5) is 4.79 Å². The van der Waals surface area contributed by atoms with Gasteiger partial charge >= 0.3 is 0 Å². The molecule has 5 heteroatoms. The van der Waals surface area contributed by atoms with Gasteiger partial charge in [0, 0.05) is 13.0 Å². The molecule has 5 nitrogen and oxygen atoms in total. The number of aryl methyl sites for hydroxylation is 2. The van der Waals surface area contributed by atoms with Gasteiger partial charge in [-0.15, -0.1) is 0 Å². The van der Waals surface area contributed by atoms with Gasteiger partial charge in [-0.2, -0.15) is 0 Å². The van der Waals surface area contributed by atoms with E-state index in [-0.39, 0.29) is 5.88 Å². The lowest BCUT2D eigenvalue weighted by atomic mass is 10.4. The number of hydrogen-bond donors (Lipinski definition) is 0. The highest BCUT2D eigenvalue weighted by molar-refractivity contribution is 5.58. The zero-order valence-corrected chi connectivity index (χ0v) is 9.24. The van der Waals surface area contributed by atoms with Crippen LogP contribution in [-0.2, 0) is 13.0 Å². The number of rotatable bonds is 4. The van der Waals surface area contributed by atoms with E-state index in [1.165, 1.54) is 0 Å². The normalized spacial score (nSPS) is 10.3. The molecule has 0 N–H and O–H groups in total. The topological polar surface area (TPSA) is 67.2 Å². The summed E-state index contributed by atoms with van der Waals surface area (Å²) in [5.41, 5.74) is 0.588. The van der Waals surface area contributed by atoms with Crippen LogP contribution in [0, 0.1) is 6.92 Å². The predicted octanol–water partition coefficient (Wildman–Crippen LogP) is 0.886. The first-order chi connectivity index (χ1) is 7.10. The highest BCUT2D eigenvalue weighted by atomic mass is 16.7. The Morgan fingerprint density at radius 3 is 2.67 bits per heavy atom. The van der Waals surface area contributed by atoms with E-state index in [1.54, 1.807) is 11.5 Å². The monoisotopic (exact) mass is 211 g/mol. The zero-order chi connectivity index (χ0) is 11.4. The molecule has 0 atom stereocenters. The molecular formula is C10H15N2O3-. The third kappa shape index (κ3) is 2.49. The van der Waals surface area contributed by atoms with Crippen molar-refractivity contribution < 1.29 is 14.6 Å². The first-order valence-corrected chi connectivity index (χ1v) is 5.04. The number of carboxylic acid groups (broad SMARTS) is 1. The van der Waals surface area contributed by atoms with Crippen LogP contribution in [0.2, 0.25) is 0 Å². The van der Waals surface area contributed by atoms with E-state index in [0.29, 0.717) is 12.2 Å². The van der Waals surface area contributed by atoms with E-state index < -0.39 is 6.16 Å². The molecule has 0 amide bonds. The van der Waals surface area contributed by atoms with Crippen molar-refractivity contribution in [3.05, 3.63) is 11.5 Å². The Balaban J connectivity index is 3.09. The second-order valence-electron chi connectivity index (χ2n) is 3.28. The van der Waals surface area contributed by atoms with Crippen LogP contribution in [0.15, 0.2) is 0 Å². The highest BCUT2D eigenvalue weighted by Gasteiger charge is 2.11. The number of imidazole rings is 1. The van der Waals surface area contributed by atoms with Crippen molar-refractivity contribution in [3.8, 4) is 5.88 Å². The molecule has 0 radical (unpaired) electrons. The molecule has 1 aromatic rings. The Morgan fingerprint density at radius 1 is 1.53 bits per heavy atom. The van der Waals surface area contributed by atoms with Crippen molar-refractivity contribution in [1.82, 2.24) is 9.55 Å². The molecule has 0 saturated heterocycles. The van der Waals surface area contributed by atoms with E-state index >= 15 is 0 Å². The third-order valence-electron chi connectivity index (χ3n) is 2.11. The Morgan fingerprint density at radius 2 is 2.20 bits per heavy atom. The van der Waals surface area contributed by atoms with Gasteiger partial charge in [0.15, 0.2) is 0 Å². The maximum absolute atomic E-state index is 10.4. The summed E-state index contributed by atoms with van der Waals surface area (Å²) in [5.74, 6) is 1.12. The molecule has 84 valence electrons. The number of nitrogens with zero attached hydrogens (tertiary/aromatic N) is 2. The SMILES string of the molecule is CCCn1c(CC)nc(C)c1OC(=O)[O-]. The third-order valence-corrected chi connectivity index (χ3v) is 2.11. The van der Waals surface area contributed by atoms with E-state index in [0.717, 1.165) is 18.7 Å². The quantitative estimate of drug-likeness (QED) is 0.693. The van der Waals surface area contributed by atoms with Crippen molar-refractivity contribution in [1.29, 1.82) is 0 Å². The highest BCUT2D eigenvalue weighted by Crippen LogP contribution is 2.20. The molecule has 0 spiro atoms. The van der Waals surface area contributed by atoms with E-state index in [2.05, 4.69) is 9.72 Å². The molecule has 0 fully saturated rings. The van der Waals surface area contributed by atoms with Gasteiger partial charge in [-0.3, -0.25) is 0 Å². The van der Waals surface area contributed by atoms with Gasteiger partial charge in [-0.25, -0.2) is 4.98 Å². The molecule has 1 aromatic heterocycles. The lowest BCUT2D eigenvalue weighted by Gasteiger charge is -2.13. The minimum Gasteiger partial charge on any atom is -0.496 e. The van der Waals surface area contributed by atoms with Crippen LogP contribution in [0.5, 0.6) is 5.88 Å². The molecule has 0 aliphatic heterocycles. The van der Waals surface area contributed by atoms with E-state index in [1.807, 2.05) is 13.8 Å². The summed E-state index contributed by atoms with van der Waals surface area (Å²) < 4.78 is 6.40. The fourth-order valence-electron chi connectivity index (χ4n) is 1.55. The second-order valence-corrected chi connectivity index (χ2v) is 3.28. The van der Waals surface area contributed by atoms with Crippen LogP contribution >= 0.6 is 0 Å². The molecular weight excluding hydrogens is 196 g/mol. The van der Waals surface area contributed by atoms with Crippen LogP contribution in [0.1, 0.15) is 31.8 Å². The van der Waals surface area contributed by atoms with Crippen LogP contribution in [0.3, 0.4) is 0 Å². The van der Waals surface area contributed by atoms with Crippen molar-refractivity contribution in [2.24, 2.45) is 0 Å². The molecule has 1 heterocycles. The maximum atomic E-state index is 10.4. The van der Waals surface area contributed by atoms with Crippen molar-refractivity contribution in [3.63, 3.8) is 0 Å². The minimum absolute atomic E-state index is 0.286. The second kappa shape index (κ2) is 4.82. The molecule has 0 aliphatic rings. The molecule has 0 unspecified atom stereocenters. The van der Waals surface area contributed by atoms with E-state index in [4.69, 9.17) is 0 Å². The van der Waals surface area contributed by atoms with Crippen molar-refractivity contribution in [2.75, 3.05) is 0 Å². The molecule has 0 aromatic carbocycles. The molecule has 0 aliphatic carbocycles. The fraction of sp³-hybridized carbons (Fsp3) is 0.600. The maximum Gasteiger partial charge on any atom is 0.258 e. The summed E-state index contributed by atoms with van der Waals surface area (Å²) in [6.45, 7) is 6.41.